The number of benzene rings is 4. The van der Waals surface area contributed by atoms with Gasteiger partial charge in [0.1, 0.15) is 0 Å². The molecule has 1 aliphatic heterocycles. The Bertz CT molecular complexity index is 1290. The lowest BCUT2D eigenvalue weighted by Gasteiger charge is -2.35. The van der Waals surface area contributed by atoms with Crippen molar-refractivity contribution < 1.29 is 9.53 Å². The van der Waals surface area contributed by atoms with Crippen LogP contribution in [-0.4, -0.2) is 6.29 Å². The number of fused-ring (bicyclic) bond motifs is 2. The summed E-state index contributed by atoms with van der Waals surface area (Å²) >= 11 is 0. The van der Waals surface area contributed by atoms with Gasteiger partial charge < -0.3 is 4.74 Å². The first-order valence-corrected chi connectivity index (χ1v) is 10.2. The van der Waals surface area contributed by atoms with Crippen LogP contribution in [0.5, 0.6) is 0 Å². The topological polar surface area (TPSA) is 26.3 Å². The van der Waals surface area contributed by atoms with Gasteiger partial charge in [-0.3, -0.25) is 4.79 Å². The Morgan fingerprint density at radius 2 is 1.20 bits per heavy atom. The lowest BCUT2D eigenvalue weighted by atomic mass is 9.75. The van der Waals surface area contributed by atoms with E-state index < -0.39 is 5.60 Å². The predicted octanol–water partition coefficient (Wildman–Crippen LogP) is 6.98. The van der Waals surface area contributed by atoms with Crippen molar-refractivity contribution in [2.24, 2.45) is 0 Å². The average Bonchev–Trinajstić information content (AvgIpc) is 2.81. The molecule has 2 heteroatoms. The summed E-state index contributed by atoms with van der Waals surface area (Å²) in [5.74, 6) is 0. The molecule has 0 spiro atoms. The lowest BCUT2D eigenvalue weighted by Crippen LogP contribution is -2.31. The standard InChI is InChI=1S/C28H22O2/c1-19-17-30-28(2,18-29)27-24(19)25(20-11-5-3-6-12-20)22-15-9-10-16-23(22)26(27)21-13-7-4-8-14-21/h3-18H,1-2H3. The molecule has 1 atom stereocenters. The molecule has 1 heterocycles. The van der Waals surface area contributed by atoms with Crippen molar-refractivity contribution in [1.82, 2.24) is 0 Å². The lowest BCUT2D eigenvalue weighted by molar-refractivity contribution is -0.124. The van der Waals surface area contributed by atoms with Crippen LogP contribution in [0.25, 0.3) is 38.6 Å². The Morgan fingerprint density at radius 3 is 1.77 bits per heavy atom. The number of hydrogen-bond acceptors (Lipinski definition) is 2. The molecule has 30 heavy (non-hydrogen) atoms. The fourth-order valence-corrected chi connectivity index (χ4v) is 4.55. The number of carbonyl (C=O) groups is 1. The maximum atomic E-state index is 12.4. The molecule has 146 valence electrons. The third-order valence-electron chi connectivity index (χ3n) is 5.94. The highest BCUT2D eigenvalue weighted by Gasteiger charge is 2.39. The van der Waals surface area contributed by atoms with Crippen LogP contribution in [0.4, 0.5) is 0 Å². The number of carbonyl (C=O) groups excluding carboxylic acids is 1. The summed E-state index contributed by atoms with van der Waals surface area (Å²) in [5.41, 5.74) is 6.39. The van der Waals surface area contributed by atoms with E-state index in [4.69, 9.17) is 4.74 Å². The molecule has 1 unspecified atom stereocenters. The van der Waals surface area contributed by atoms with Crippen molar-refractivity contribution in [3.8, 4) is 22.3 Å². The van der Waals surface area contributed by atoms with Gasteiger partial charge >= 0.3 is 0 Å². The fourth-order valence-electron chi connectivity index (χ4n) is 4.55. The second kappa shape index (κ2) is 7.00. The molecule has 2 nitrogen and oxygen atoms in total. The van der Waals surface area contributed by atoms with Crippen LogP contribution >= 0.6 is 0 Å². The highest BCUT2D eigenvalue weighted by molar-refractivity contribution is 6.12. The summed E-state index contributed by atoms with van der Waals surface area (Å²) in [6.45, 7) is 3.91. The maximum Gasteiger partial charge on any atom is 0.186 e. The second-order valence-electron chi connectivity index (χ2n) is 7.92. The Hall–Kier alpha value is -3.65. The fraction of sp³-hybridized carbons (Fsp3) is 0.107. The Morgan fingerprint density at radius 1 is 0.700 bits per heavy atom. The molecule has 4 aromatic carbocycles. The van der Waals surface area contributed by atoms with Crippen molar-refractivity contribution in [1.29, 1.82) is 0 Å². The van der Waals surface area contributed by atoms with Crippen molar-refractivity contribution >= 4 is 22.6 Å². The van der Waals surface area contributed by atoms with E-state index in [1.807, 2.05) is 31.2 Å². The van der Waals surface area contributed by atoms with Crippen molar-refractivity contribution in [3.63, 3.8) is 0 Å². The third-order valence-corrected chi connectivity index (χ3v) is 5.94. The molecular formula is C28H22O2. The molecule has 5 rings (SSSR count). The van der Waals surface area contributed by atoms with Crippen LogP contribution in [-0.2, 0) is 15.1 Å². The summed E-state index contributed by atoms with van der Waals surface area (Å²) in [6.07, 6.45) is 2.65. The molecule has 0 bridgehead atoms. The minimum Gasteiger partial charge on any atom is -0.483 e. The second-order valence-corrected chi connectivity index (χ2v) is 7.92. The summed E-state index contributed by atoms with van der Waals surface area (Å²) in [7, 11) is 0. The van der Waals surface area contributed by atoms with E-state index in [9.17, 15) is 4.79 Å². The van der Waals surface area contributed by atoms with Crippen molar-refractivity contribution in [3.05, 3.63) is 102 Å². The molecule has 0 aliphatic carbocycles. The molecule has 1 aliphatic rings. The van der Waals surface area contributed by atoms with Gasteiger partial charge in [-0.05, 0) is 58.0 Å². The zero-order valence-corrected chi connectivity index (χ0v) is 17.1. The van der Waals surface area contributed by atoms with E-state index in [0.29, 0.717) is 0 Å². The first-order valence-electron chi connectivity index (χ1n) is 10.2. The van der Waals surface area contributed by atoms with Crippen LogP contribution in [0.2, 0.25) is 0 Å². The first kappa shape index (κ1) is 18.4. The summed E-state index contributed by atoms with van der Waals surface area (Å²) < 4.78 is 6.03. The van der Waals surface area contributed by atoms with Crippen molar-refractivity contribution in [2.75, 3.05) is 0 Å². The molecule has 0 radical (unpaired) electrons. The van der Waals surface area contributed by atoms with Gasteiger partial charge in [-0.1, -0.05) is 84.9 Å². The summed E-state index contributed by atoms with van der Waals surface area (Å²) in [6, 6.07) is 29.1. The number of aldehydes is 1. The van der Waals surface area contributed by atoms with Gasteiger partial charge in [-0.25, -0.2) is 0 Å². The van der Waals surface area contributed by atoms with E-state index in [1.165, 1.54) is 5.39 Å². The molecule has 0 aromatic heterocycles. The number of hydrogen-bond donors (Lipinski definition) is 0. The highest BCUT2D eigenvalue weighted by Crippen LogP contribution is 2.50. The van der Waals surface area contributed by atoms with Gasteiger partial charge in [0.25, 0.3) is 0 Å². The van der Waals surface area contributed by atoms with Crippen LogP contribution in [0.3, 0.4) is 0 Å². The van der Waals surface area contributed by atoms with Gasteiger partial charge in [-0.15, -0.1) is 0 Å². The minimum absolute atomic E-state index is 0.921. The van der Waals surface area contributed by atoms with Gasteiger partial charge in [0.15, 0.2) is 11.9 Å². The van der Waals surface area contributed by atoms with Crippen LogP contribution < -0.4 is 0 Å². The van der Waals surface area contributed by atoms with E-state index in [1.54, 1.807) is 6.26 Å². The smallest absolute Gasteiger partial charge is 0.186 e. The molecule has 4 aromatic rings. The van der Waals surface area contributed by atoms with Crippen molar-refractivity contribution in [2.45, 2.75) is 19.4 Å². The normalized spacial score (nSPS) is 17.7. The van der Waals surface area contributed by atoms with Gasteiger partial charge in [0.2, 0.25) is 0 Å². The monoisotopic (exact) mass is 390 g/mol. The van der Waals surface area contributed by atoms with Gasteiger partial charge in [-0.2, -0.15) is 0 Å². The SMILES string of the molecule is CC1=COC(C)(C=O)c2c1c(-c1ccccc1)c1ccccc1c2-c1ccccc1. The minimum atomic E-state index is -1.06. The van der Waals surface area contributed by atoms with E-state index in [0.717, 1.165) is 50.6 Å². The summed E-state index contributed by atoms with van der Waals surface area (Å²) in [4.78, 5) is 12.4. The van der Waals surface area contributed by atoms with E-state index in [2.05, 4.69) is 67.6 Å². The summed E-state index contributed by atoms with van der Waals surface area (Å²) in [5, 5.41) is 2.29. The van der Waals surface area contributed by atoms with E-state index in [-0.39, 0.29) is 0 Å². The van der Waals surface area contributed by atoms with Gasteiger partial charge in [0.05, 0.1) is 6.26 Å². The molecule has 0 saturated heterocycles. The van der Waals surface area contributed by atoms with Gasteiger partial charge in [0, 0.05) is 5.56 Å². The zero-order chi connectivity index (χ0) is 20.7. The number of ether oxygens (including phenoxy) is 1. The number of rotatable bonds is 3. The largest absolute Gasteiger partial charge is 0.483 e. The van der Waals surface area contributed by atoms with Crippen LogP contribution in [0.15, 0.2) is 91.2 Å². The van der Waals surface area contributed by atoms with Crippen LogP contribution in [0.1, 0.15) is 25.0 Å². The third kappa shape index (κ3) is 2.68. The zero-order valence-electron chi connectivity index (χ0n) is 17.1. The quantitative estimate of drug-likeness (QED) is 0.353. The van der Waals surface area contributed by atoms with Crippen LogP contribution in [0, 0.1) is 0 Å². The molecule has 0 fully saturated rings. The van der Waals surface area contributed by atoms with E-state index >= 15 is 0 Å². The molecular weight excluding hydrogens is 368 g/mol. The molecule has 0 N–H and O–H groups in total. The Kier molecular flexibility index (Phi) is 4.29. The Balaban J connectivity index is 2.06. The molecule has 0 amide bonds. The Labute approximate surface area is 176 Å². The molecule has 0 saturated carbocycles. The maximum absolute atomic E-state index is 12.4. The first-order chi connectivity index (χ1) is 14.6. The highest BCUT2D eigenvalue weighted by atomic mass is 16.5. The predicted molar refractivity (Wildman–Crippen MR) is 123 cm³/mol. The number of allylic oxidation sites excluding steroid dienone is 1. The average molecular weight is 390 g/mol.